The summed E-state index contributed by atoms with van der Waals surface area (Å²) in [5, 5.41) is 11.9. The molecule has 0 radical (unpaired) electrons. The summed E-state index contributed by atoms with van der Waals surface area (Å²) in [6.07, 6.45) is 7.90. The van der Waals surface area contributed by atoms with Gasteiger partial charge in [-0.25, -0.2) is 4.79 Å². The second-order valence-corrected chi connectivity index (χ2v) is 8.28. The summed E-state index contributed by atoms with van der Waals surface area (Å²) in [7, 11) is 0. The molecule has 0 unspecified atom stereocenters. The minimum absolute atomic E-state index is 0.170. The fourth-order valence-corrected chi connectivity index (χ4v) is 5.79. The first-order chi connectivity index (χ1) is 12.0. The lowest BCUT2D eigenvalue weighted by Crippen LogP contribution is -2.51. The van der Waals surface area contributed by atoms with Crippen LogP contribution in [0.25, 0.3) is 0 Å². The van der Waals surface area contributed by atoms with Crippen molar-refractivity contribution in [2.45, 2.75) is 38.5 Å². The number of carbonyl (C=O) groups is 2. The molecule has 0 spiro atoms. The molecule has 1 amide bonds. The zero-order valence-electron chi connectivity index (χ0n) is 14.4. The van der Waals surface area contributed by atoms with Gasteiger partial charge in [0.05, 0.1) is 5.56 Å². The third kappa shape index (κ3) is 3.37. The topological polar surface area (TPSA) is 75.6 Å². The number of benzene rings is 1. The van der Waals surface area contributed by atoms with E-state index in [2.05, 4.69) is 5.32 Å². The van der Waals surface area contributed by atoms with Gasteiger partial charge in [-0.15, -0.1) is 0 Å². The third-order valence-electron chi connectivity index (χ3n) is 6.27. The zero-order chi connectivity index (χ0) is 17.4. The Morgan fingerprint density at radius 2 is 1.68 bits per heavy atom. The molecule has 4 aliphatic rings. The van der Waals surface area contributed by atoms with Crippen LogP contribution in [0.4, 0.5) is 0 Å². The van der Waals surface area contributed by atoms with Gasteiger partial charge in [-0.05, 0) is 73.8 Å². The predicted octanol–water partition coefficient (Wildman–Crippen LogP) is 3.10. The molecule has 0 atom stereocenters. The molecule has 5 heteroatoms. The second-order valence-electron chi connectivity index (χ2n) is 8.28. The number of rotatable bonds is 6. The molecule has 5 nitrogen and oxygen atoms in total. The van der Waals surface area contributed by atoms with Gasteiger partial charge in [-0.2, -0.15) is 0 Å². The van der Waals surface area contributed by atoms with Crippen molar-refractivity contribution in [2.24, 2.45) is 23.2 Å². The Morgan fingerprint density at radius 1 is 1.08 bits per heavy atom. The molecule has 0 heterocycles. The smallest absolute Gasteiger partial charge is 0.341 e. The number of hydrogen-bond donors (Lipinski definition) is 2. The van der Waals surface area contributed by atoms with Crippen molar-refractivity contribution in [3.63, 3.8) is 0 Å². The van der Waals surface area contributed by atoms with Crippen molar-refractivity contribution >= 4 is 11.9 Å². The number of ether oxygens (including phenoxy) is 1. The highest BCUT2D eigenvalue weighted by Gasteiger charge is 2.50. The van der Waals surface area contributed by atoms with E-state index in [1.807, 2.05) is 0 Å². The summed E-state index contributed by atoms with van der Waals surface area (Å²) >= 11 is 0. The highest BCUT2D eigenvalue weighted by Crippen LogP contribution is 2.59. The van der Waals surface area contributed by atoms with Crippen LogP contribution in [0.1, 0.15) is 48.9 Å². The van der Waals surface area contributed by atoms with Gasteiger partial charge in [0.1, 0.15) is 5.75 Å². The lowest BCUT2D eigenvalue weighted by Gasteiger charge is -2.56. The Morgan fingerprint density at radius 3 is 2.28 bits per heavy atom. The maximum Gasteiger partial charge on any atom is 0.341 e. The van der Waals surface area contributed by atoms with Crippen LogP contribution in [0.5, 0.6) is 5.75 Å². The van der Waals surface area contributed by atoms with E-state index in [0.717, 1.165) is 24.3 Å². The highest BCUT2D eigenvalue weighted by molar-refractivity contribution is 5.97. The average Bonchev–Trinajstić information content (AvgIpc) is 2.57. The van der Waals surface area contributed by atoms with Gasteiger partial charge in [-0.1, -0.05) is 12.1 Å². The molecule has 4 bridgehead atoms. The van der Waals surface area contributed by atoms with Crippen molar-refractivity contribution < 1.29 is 19.4 Å². The average molecular weight is 343 g/mol. The number of carboxylic acid groups (broad SMARTS) is 1. The third-order valence-corrected chi connectivity index (χ3v) is 6.27. The predicted molar refractivity (Wildman–Crippen MR) is 92.5 cm³/mol. The number of nitrogens with one attached hydrogen (secondary N) is 1. The van der Waals surface area contributed by atoms with E-state index in [-0.39, 0.29) is 11.3 Å². The van der Waals surface area contributed by atoms with Crippen molar-refractivity contribution in [1.82, 2.24) is 5.32 Å². The largest absolute Gasteiger partial charge is 0.481 e. The van der Waals surface area contributed by atoms with Crippen molar-refractivity contribution in [3.05, 3.63) is 29.8 Å². The first-order valence-corrected chi connectivity index (χ1v) is 9.25. The van der Waals surface area contributed by atoms with Crippen molar-refractivity contribution in [1.29, 1.82) is 0 Å². The Hall–Kier alpha value is -2.04. The molecule has 4 fully saturated rings. The molecule has 4 saturated carbocycles. The number of carbonyl (C=O) groups excluding carboxylic acids is 1. The molecular formula is C20H25NO4. The Balaban J connectivity index is 1.42. The van der Waals surface area contributed by atoms with Gasteiger partial charge in [0.25, 0.3) is 5.91 Å². The van der Waals surface area contributed by atoms with Crippen molar-refractivity contribution in [2.75, 3.05) is 13.2 Å². The Kier molecular flexibility index (Phi) is 4.18. The molecule has 1 aromatic rings. The van der Waals surface area contributed by atoms with E-state index in [4.69, 9.17) is 9.84 Å². The minimum atomic E-state index is -1.05. The Bertz CT molecular complexity index is 649. The number of hydrogen-bond acceptors (Lipinski definition) is 3. The summed E-state index contributed by atoms with van der Waals surface area (Å²) in [6, 6.07) is 6.84. The normalized spacial score (nSPS) is 32.4. The van der Waals surface area contributed by atoms with E-state index in [9.17, 15) is 9.59 Å². The number of aliphatic carboxylic acids is 1. The lowest BCUT2D eigenvalue weighted by atomic mass is 9.49. The minimum Gasteiger partial charge on any atom is -0.481 e. The van der Waals surface area contributed by atoms with Crippen molar-refractivity contribution in [3.8, 4) is 5.75 Å². The first-order valence-electron chi connectivity index (χ1n) is 9.25. The van der Waals surface area contributed by atoms with Gasteiger partial charge in [0.15, 0.2) is 6.61 Å². The number of para-hydroxylation sites is 1. The van der Waals surface area contributed by atoms with E-state index in [1.54, 1.807) is 24.3 Å². The summed E-state index contributed by atoms with van der Waals surface area (Å²) in [4.78, 5) is 23.4. The van der Waals surface area contributed by atoms with Gasteiger partial charge in [0, 0.05) is 6.54 Å². The maximum atomic E-state index is 12.7. The summed E-state index contributed by atoms with van der Waals surface area (Å²) in [6.45, 7) is 0.280. The molecule has 0 aliphatic heterocycles. The number of amides is 1. The SMILES string of the molecule is O=C(O)COc1ccccc1C(=O)NCC12CC3CC(CC(C3)C1)C2. The Labute approximate surface area is 147 Å². The highest BCUT2D eigenvalue weighted by atomic mass is 16.5. The fraction of sp³-hybridized carbons (Fsp3) is 0.600. The summed E-state index contributed by atoms with van der Waals surface area (Å²) in [5.41, 5.74) is 0.690. The molecule has 0 saturated heterocycles. The first kappa shape index (κ1) is 16.4. The monoisotopic (exact) mass is 343 g/mol. The molecule has 4 aliphatic carbocycles. The zero-order valence-corrected chi connectivity index (χ0v) is 14.4. The molecule has 1 aromatic carbocycles. The quantitative estimate of drug-likeness (QED) is 0.832. The standard InChI is InChI=1S/C20H25NO4/c22-18(23)11-25-17-4-2-1-3-16(17)19(24)21-12-20-8-13-5-14(9-20)7-15(6-13)10-20/h1-4,13-15H,5-12H2,(H,21,24)(H,22,23). The molecule has 0 aromatic heterocycles. The van der Waals surface area contributed by atoms with E-state index in [0.29, 0.717) is 11.3 Å². The second kappa shape index (κ2) is 6.36. The maximum absolute atomic E-state index is 12.7. The molecule has 25 heavy (non-hydrogen) atoms. The van der Waals surface area contributed by atoms with Crippen LogP contribution in [-0.2, 0) is 4.79 Å². The van der Waals surface area contributed by atoms with E-state index < -0.39 is 12.6 Å². The molecule has 134 valence electrons. The van der Waals surface area contributed by atoms with Crippen LogP contribution in [0, 0.1) is 23.2 Å². The van der Waals surface area contributed by atoms with Crippen LogP contribution < -0.4 is 10.1 Å². The summed E-state index contributed by atoms with van der Waals surface area (Å²) < 4.78 is 5.25. The van der Waals surface area contributed by atoms with Crippen LogP contribution >= 0.6 is 0 Å². The molecule has 2 N–H and O–H groups in total. The van der Waals surface area contributed by atoms with Gasteiger partial charge in [-0.3, -0.25) is 4.79 Å². The number of carboxylic acids is 1. The lowest BCUT2D eigenvalue weighted by molar-refractivity contribution is -0.139. The van der Waals surface area contributed by atoms with Crippen LogP contribution in [0.2, 0.25) is 0 Å². The van der Waals surface area contributed by atoms with Gasteiger partial charge >= 0.3 is 5.97 Å². The van der Waals surface area contributed by atoms with Crippen LogP contribution in [0.15, 0.2) is 24.3 Å². The van der Waals surface area contributed by atoms with E-state index >= 15 is 0 Å². The van der Waals surface area contributed by atoms with Gasteiger partial charge < -0.3 is 15.2 Å². The van der Waals surface area contributed by atoms with E-state index in [1.165, 1.54) is 38.5 Å². The molecule has 5 rings (SSSR count). The van der Waals surface area contributed by atoms with Crippen LogP contribution in [-0.4, -0.2) is 30.1 Å². The van der Waals surface area contributed by atoms with Crippen LogP contribution in [0.3, 0.4) is 0 Å². The van der Waals surface area contributed by atoms with Gasteiger partial charge in [0.2, 0.25) is 0 Å². The summed E-state index contributed by atoms with van der Waals surface area (Å²) in [5.74, 6) is 1.67. The molecular weight excluding hydrogens is 318 g/mol. The fourth-order valence-electron chi connectivity index (χ4n) is 5.79.